The van der Waals surface area contributed by atoms with Gasteiger partial charge in [0.2, 0.25) is 0 Å². The summed E-state index contributed by atoms with van der Waals surface area (Å²) < 4.78 is 5.21. The van der Waals surface area contributed by atoms with Crippen LogP contribution in [0.5, 0.6) is 0 Å². The van der Waals surface area contributed by atoms with Crippen molar-refractivity contribution in [3.05, 3.63) is 12.0 Å². The Morgan fingerprint density at radius 3 is 2.76 bits per heavy atom. The second-order valence-electron chi connectivity index (χ2n) is 4.75. The molecule has 5 heteroatoms. The SMILES string of the molecule is Cc1coc(SCCCCC(C)(C)C(=O)O)n1. The molecule has 0 amide bonds. The molecule has 0 aromatic carbocycles. The number of carbonyl (C=O) groups is 1. The van der Waals surface area contributed by atoms with E-state index in [-0.39, 0.29) is 0 Å². The number of carboxylic acids is 1. The summed E-state index contributed by atoms with van der Waals surface area (Å²) in [6, 6.07) is 0. The molecule has 1 N–H and O–H groups in total. The Morgan fingerprint density at radius 1 is 1.53 bits per heavy atom. The van der Waals surface area contributed by atoms with Gasteiger partial charge in [-0.25, -0.2) is 4.98 Å². The van der Waals surface area contributed by atoms with Crippen LogP contribution in [-0.2, 0) is 4.79 Å². The lowest BCUT2D eigenvalue weighted by Gasteiger charge is -2.18. The average Bonchev–Trinajstić information content (AvgIpc) is 2.63. The van der Waals surface area contributed by atoms with Gasteiger partial charge in [-0.2, -0.15) is 0 Å². The number of aromatic nitrogens is 1. The maximum absolute atomic E-state index is 10.9. The second-order valence-corrected chi connectivity index (χ2v) is 5.80. The van der Waals surface area contributed by atoms with Gasteiger partial charge in [-0.1, -0.05) is 18.2 Å². The summed E-state index contributed by atoms with van der Waals surface area (Å²) >= 11 is 1.58. The van der Waals surface area contributed by atoms with Crippen molar-refractivity contribution in [2.75, 3.05) is 5.75 Å². The third-order valence-electron chi connectivity index (χ3n) is 2.60. The maximum atomic E-state index is 10.9. The Balaban J connectivity index is 2.15. The quantitative estimate of drug-likeness (QED) is 0.599. The van der Waals surface area contributed by atoms with E-state index in [0.29, 0.717) is 11.6 Å². The van der Waals surface area contributed by atoms with Crippen LogP contribution in [0.2, 0.25) is 0 Å². The zero-order valence-electron chi connectivity index (χ0n) is 10.5. The van der Waals surface area contributed by atoms with Crippen molar-refractivity contribution < 1.29 is 14.3 Å². The van der Waals surface area contributed by atoms with Crippen molar-refractivity contribution in [1.82, 2.24) is 4.98 Å². The number of unbranched alkanes of at least 4 members (excludes halogenated alkanes) is 1. The number of aliphatic carboxylic acids is 1. The Kier molecular flexibility index (Phi) is 5.05. The van der Waals surface area contributed by atoms with E-state index >= 15 is 0 Å². The van der Waals surface area contributed by atoms with Crippen molar-refractivity contribution in [1.29, 1.82) is 0 Å². The molecule has 0 fully saturated rings. The van der Waals surface area contributed by atoms with Crippen LogP contribution in [0.4, 0.5) is 0 Å². The Bertz CT molecular complexity index is 374. The van der Waals surface area contributed by atoms with Gasteiger partial charge in [-0.3, -0.25) is 4.79 Å². The van der Waals surface area contributed by atoms with Crippen LogP contribution in [0.1, 0.15) is 38.8 Å². The fourth-order valence-corrected chi connectivity index (χ4v) is 2.18. The van der Waals surface area contributed by atoms with Gasteiger partial charge in [0.05, 0.1) is 11.1 Å². The minimum absolute atomic E-state index is 0.621. The zero-order valence-corrected chi connectivity index (χ0v) is 11.3. The van der Waals surface area contributed by atoms with E-state index in [1.807, 2.05) is 6.92 Å². The topological polar surface area (TPSA) is 63.3 Å². The molecule has 0 aliphatic heterocycles. The molecule has 0 spiro atoms. The molecule has 1 heterocycles. The van der Waals surface area contributed by atoms with Gasteiger partial charge in [0.1, 0.15) is 6.26 Å². The number of nitrogens with zero attached hydrogens (tertiary/aromatic N) is 1. The second kappa shape index (κ2) is 6.10. The molecule has 1 rings (SSSR count). The lowest BCUT2D eigenvalue weighted by Crippen LogP contribution is -2.23. The summed E-state index contributed by atoms with van der Waals surface area (Å²) in [6.45, 7) is 5.42. The monoisotopic (exact) mass is 257 g/mol. The molecule has 0 aliphatic rings. The van der Waals surface area contributed by atoms with Crippen LogP contribution >= 0.6 is 11.8 Å². The summed E-state index contributed by atoms with van der Waals surface area (Å²) in [5.74, 6) is 0.184. The highest BCUT2D eigenvalue weighted by atomic mass is 32.2. The fraction of sp³-hybridized carbons (Fsp3) is 0.667. The summed E-state index contributed by atoms with van der Waals surface area (Å²) in [5.41, 5.74) is 0.268. The molecule has 1 aromatic heterocycles. The average molecular weight is 257 g/mol. The largest absolute Gasteiger partial charge is 0.481 e. The lowest BCUT2D eigenvalue weighted by atomic mass is 9.88. The van der Waals surface area contributed by atoms with Crippen molar-refractivity contribution in [2.24, 2.45) is 5.41 Å². The summed E-state index contributed by atoms with van der Waals surface area (Å²) in [6.07, 6.45) is 4.22. The van der Waals surface area contributed by atoms with Crippen molar-refractivity contribution >= 4 is 17.7 Å². The predicted molar refractivity (Wildman–Crippen MR) is 67.2 cm³/mol. The number of rotatable bonds is 7. The van der Waals surface area contributed by atoms with Gasteiger partial charge >= 0.3 is 5.97 Å². The Morgan fingerprint density at radius 2 is 2.24 bits per heavy atom. The molecule has 17 heavy (non-hydrogen) atoms. The number of hydrogen-bond donors (Lipinski definition) is 1. The van der Waals surface area contributed by atoms with Gasteiger partial charge in [-0.15, -0.1) is 0 Å². The summed E-state index contributed by atoms with van der Waals surface area (Å²) in [5, 5.41) is 9.64. The number of carboxylic acid groups (broad SMARTS) is 1. The fourth-order valence-electron chi connectivity index (χ4n) is 1.33. The summed E-state index contributed by atoms with van der Waals surface area (Å²) in [7, 11) is 0. The molecule has 1 aromatic rings. The maximum Gasteiger partial charge on any atom is 0.309 e. The van der Waals surface area contributed by atoms with E-state index in [0.717, 1.165) is 24.3 Å². The van der Waals surface area contributed by atoms with Crippen LogP contribution in [-0.4, -0.2) is 21.8 Å². The first-order valence-electron chi connectivity index (χ1n) is 5.70. The number of thioether (sulfide) groups is 1. The zero-order chi connectivity index (χ0) is 12.9. The number of hydrogen-bond acceptors (Lipinski definition) is 4. The highest BCUT2D eigenvalue weighted by molar-refractivity contribution is 7.99. The first kappa shape index (κ1) is 14.1. The van der Waals surface area contributed by atoms with Gasteiger partial charge in [0.25, 0.3) is 5.22 Å². The molecule has 4 nitrogen and oxygen atoms in total. The lowest BCUT2D eigenvalue weighted by molar-refractivity contribution is -0.147. The Hall–Kier alpha value is -0.970. The number of oxazole rings is 1. The van der Waals surface area contributed by atoms with Gasteiger partial charge in [0, 0.05) is 5.75 Å². The normalized spacial score (nSPS) is 11.7. The minimum atomic E-state index is -0.728. The van der Waals surface area contributed by atoms with Crippen LogP contribution in [0.25, 0.3) is 0 Å². The van der Waals surface area contributed by atoms with Crippen LogP contribution < -0.4 is 0 Å². The van der Waals surface area contributed by atoms with Crippen molar-refractivity contribution in [3.63, 3.8) is 0 Å². The highest BCUT2D eigenvalue weighted by Crippen LogP contribution is 2.25. The van der Waals surface area contributed by atoms with E-state index in [1.165, 1.54) is 0 Å². The van der Waals surface area contributed by atoms with Gasteiger partial charge in [0.15, 0.2) is 0 Å². The van der Waals surface area contributed by atoms with E-state index in [2.05, 4.69) is 4.98 Å². The first-order valence-corrected chi connectivity index (χ1v) is 6.69. The first-order chi connectivity index (χ1) is 7.92. The van der Waals surface area contributed by atoms with Gasteiger partial charge < -0.3 is 9.52 Å². The highest BCUT2D eigenvalue weighted by Gasteiger charge is 2.25. The molecule has 0 saturated carbocycles. The van der Waals surface area contributed by atoms with E-state index < -0.39 is 11.4 Å². The smallest absolute Gasteiger partial charge is 0.309 e. The van der Waals surface area contributed by atoms with Crippen LogP contribution in [0, 0.1) is 12.3 Å². The third kappa shape index (κ3) is 4.81. The predicted octanol–water partition coefficient (Wildman–Crippen LogP) is 3.36. The number of aryl methyl sites for hydroxylation is 1. The standard InChI is InChI=1S/C12H19NO3S/c1-9-8-16-11(13-9)17-7-5-4-6-12(2,3)10(14)15/h8H,4-7H2,1-3H3,(H,14,15). The molecular weight excluding hydrogens is 238 g/mol. The molecule has 0 unspecified atom stereocenters. The molecule has 0 saturated heterocycles. The molecule has 96 valence electrons. The molecule has 0 atom stereocenters. The van der Waals surface area contributed by atoms with E-state index in [4.69, 9.17) is 9.52 Å². The third-order valence-corrected chi connectivity index (χ3v) is 3.53. The van der Waals surface area contributed by atoms with E-state index in [1.54, 1.807) is 31.9 Å². The van der Waals surface area contributed by atoms with E-state index in [9.17, 15) is 4.79 Å². The molecule has 0 aliphatic carbocycles. The Labute approximate surface area is 106 Å². The minimum Gasteiger partial charge on any atom is -0.481 e. The molecule has 0 radical (unpaired) electrons. The summed E-state index contributed by atoms with van der Waals surface area (Å²) in [4.78, 5) is 15.1. The van der Waals surface area contributed by atoms with Crippen molar-refractivity contribution in [3.8, 4) is 0 Å². The van der Waals surface area contributed by atoms with Gasteiger partial charge in [-0.05, 0) is 33.6 Å². The molecular formula is C12H19NO3S. The van der Waals surface area contributed by atoms with Crippen LogP contribution in [0.3, 0.4) is 0 Å². The van der Waals surface area contributed by atoms with Crippen LogP contribution in [0.15, 0.2) is 15.9 Å². The molecule has 0 bridgehead atoms. The van der Waals surface area contributed by atoms with Crippen molar-refractivity contribution in [2.45, 2.75) is 45.3 Å².